The Morgan fingerprint density at radius 3 is 2.53 bits per heavy atom. The predicted molar refractivity (Wildman–Crippen MR) is 76.5 cm³/mol. The molecule has 1 aromatic carbocycles. The van der Waals surface area contributed by atoms with Crippen LogP contribution in [0.15, 0.2) is 24.3 Å². The Balaban J connectivity index is 2.39. The van der Waals surface area contributed by atoms with Gasteiger partial charge in [0.15, 0.2) is 0 Å². The lowest BCUT2D eigenvalue weighted by Crippen LogP contribution is -2.40. The van der Waals surface area contributed by atoms with Crippen LogP contribution in [0.25, 0.3) is 0 Å². The molecule has 0 heterocycles. The molecular formula is C14H20FNO2S. The van der Waals surface area contributed by atoms with Crippen LogP contribution in [0.5, 0.6) is 0 Å². The number of rotatable bonds is 7. The van der Waals surface area contributed by atoms with Gasteiger partial charge in [-0.05, 0) is 31.5 Å². The molecule has 0 saturated heterocycles. The first-order chi connectivity index (χ1) is 9.04. The largest absolute Gasteiger partial charge is 0.395 e. The lowest BCUT2D eigenvalue weighted by molar-refractivity contribution is -0.130. The van der Waals surface area contributed by atoms with Crippen molar-refractivity contribution in [2.75, 3.05) is 18.9 Å². The van der Waals surface area contributed by atoms with Crippen LogP contribution < -0.4 is 0 Å². The first-order valence-electron chi connectivity index (χ1n) is 6.27. The van der Waals surface area contributed by atoms with Crippen LogP contribution in [-0.2, 0) is 10.5 Å². The van der Waals surface area contributed by atoms with Crippen LogP contribution in [-0.4, -0.2) is 40.9 Å². The maximum atomic E-state index is 12.7. The topological polar surface area (TPSA) is 40.5 Å². The van der Waals surface area contributed by atoms with Crippen molar-refractivity contribution in [3.63, 3.8) is 0 Å². The third-order valence-corrected chi connectivity index (χ3v) is 3.68. The summed E-state index contributed by atoms with van der Waals surface area (Å²) in [7, 11) is 0. The number of thioether (sulfide) groups is 1. The van der Waals surface area contributed by atoms with Gasteiger partial charge in [0.1, 0.15) is 5.82 Å². The minimum absolute atomic E-state index is 0.0213. The number of halogens is 1. The fourth-order valence-corrected chi connectivity index (χ4v) is 2.57. The fourth-order valence-electron chi connectivity index (χ4n) is 1.70. The van der Waals surface area contributed by atoms with E-state index in [-0.39, 0.29) is 24.4 Å². The van der Waals surface area contributed by atoms with Crippen molar-refractivity contribution >= 4 is 17.7 Å². The Labute approximate surface area is 117 Å². The monoisotopic (exact) mass is 285 g/mol. The zero-order chi connectivity index (χ0) is 14.3. The maximum absolute atomic E-state index is 12.7. The molecule has 0 aliphatic rings. The van der Waals surface area contributed by atoms with Crippen LogP contribution in [0.1, 0.15) is 19.4 Å². The summed E-state index contributed by atoms with van der Waals surface area (Å²) in [5, 5.41) is 8.93. The zero-order valence-electron chi connectivity index (χ0n) is 11.3. The normalized spacial score (nSPS) is 10.8. The highest BCUT2D eigenvalue weighted by molar-refractivity contribution is 7.99. The van der Waals surface area contributed by atoms with E-state index in [1.165, 1.54) is 23.9 Å². The van der Waals surface area contributed by atoms with Crippen LogP contribution >= 0.6 is 11.8 Å². The van der Waals surface area contributed by atoms with Gasteiger partial charge in [0, 0.05) is 18.3 Å². The second-order valence-corrected chi connectivity index (χ2v) is 5.51. The fraction of sp³-hybridized carbons (Fsp3) is 0.500. The molecule has 5 heteroatoms. The highest BCUT2D eigenvalue weighted by atomic mass is 32.2. The van der Waals surface area contributed by atoms with Crippen molar-refractivity contribution in [2.45, 2.75) is 25.6 Å². The van der Waals surface area contributed by atoms with Gasteiger partial charge in [-0.3, -0.25) is 4.79 Å². The second kappa shape index (κ2) is 8.17. The average molecular weight is 285 g/mol. The molecule has 0 unspecified atom stereocenters. The minimum Gasteiger partial charge on any atom is -0.395 e. The maximum Gasteiger partial charge on any atom is 0.232 e. The molecule has 0 radical (unpaired) electrons. The minimum atomic E-state index is -0.251. The summed E-state index contributed by atoms with van der Waals surface area (Å²) in [4.78, 5) is 13.6. The van der Waals surface area contributed by atoms with Gasteiger partial charge in [-0.2, -0.15) is 0 Å². The van der Waals surface area contributed by atoms with Crippen LogP contribution in [0.2, 0.25) is 0 Å². The van der Waals surface area contributed by atoms with Gasteiger partial charge in [-0.25, -0.2) is 4.39 Å². The smallest absolute Gasteiger partial charge is 0.232 e. The molecule has 0 aromatic heterocycles. The molecule has 106 valence electrons. The van der Waals surface area contributed by atoms with Gasteiger partial charge in [0.05, 0.1) is 12.4 Å². The van der Waals surface area contributed by atoms with E-state index in [1.54, 1.807) is 17.0 Å². The van der Waals surface area contributed by atoms with E-state index in [0.29, 0.717) is 18.1 Å². The van der Waals surface area contributed by atoms with Crippen molar-refractivity contribution in [2.24, 2.45) is 0 Å². The number of aliphatic hydroxyl groups is 1. The van der Waals surface area contributed by atoms with E-state index in [2.05, 4.69) is 0 Å². The summed E-state index contributed by atoms with van der Waals surface area (Å²) < 4.78 is 12.7. The van der Waals surface area contributed by atoms with Crippen LogP contribution in [0.4, 0.5) is 4.39 Å². The van der Waals surface area contributed by atoms with Gasteiger partial charge in [-0.1, -0.05) is 12.1 Å². The van der Waals surface area contributed by atoms with Crippen molar-refractivity contribution < 1.29 is 14.3 Å². The molecular weight excluding hydrogens is 265 g/mol. The molecule has 0 aliphatic carbocycles. The molecule has 0 saturated carbocycles. The zero-order valence-corrected chi connectivity index (χ0v) is 12.1. The molecule has 0 spiro atoms. The molecule has 1 rings (SSSR count). The summed E-state index contributed by atoms with van der Waals surface area (Å²) in [6, 6.07) is 6.38. The summed E-state index contributed by atoms with van der Waals surface area (Å²) in [5.74, 6) is 0.821. The number of amides is 1. The molecule has 0 atom stereocenters. The first-order valence-corrected chi connectivity index (χ1v) is 7.42. The van der Waals surface area contributed by atoms with E-state index < -0.39 is 0 Å². The van der Waals surface area contributed by atoms with Crippen molar-refractivity contribution in [1.82, 2.24) is 4.90 Å². The number of carbonyl (C=O) groups excluding carboxylic acids is 1. The molecule has 1 N–H and O–H groups in total. The Kier molecular flexibility index (Phi) is 6.87. The molecule has 1 amide bonds. The molecule has 0 bridgehead atoms. The van der Waals surface area contributed by atoms with E-state index in [4.69, 9.17) is 5.11 Å². The summed E-state index contributed by atoms with van der Waals surface area (Å²) >= 11 is 1.50. The number of hydrogen-bond donors (Lipinski definition) is 1. The number of benzene rings is 1. The standard InChI is InChI=1S/C14H20FNO2S/c1-11(2)16(7-8-17)14(18)10-19-9-12-3-5-13(15)6-4-12/h3-6,11,17H,7-10H2,1-2H3. The van der Waals surface area contributed by atoms with E-state index in [1.807, 2.05) is 13.8 Å². The van der Waals surface area contributed by atoms with Crippen LogP contribution in [0, 0.1) is 5.82 Å². The number of carbonyl (C=O) groups is 1. The predicted octanol–water partition coefficient (Wildman–Crippen LogP) is 2.29. The Morgan fingerprint density at radius 2 is 2.00 bits per heavy atom. The molecule has 19 heavy (non-hydrogen) atoms. The second-order valence-electron chi connectivity index (χ2n) is 4.52. The number of nitrogens with zero attached hydrogens (tertiary/aromatic N) is 1. The molecule has 0 fully saturated rings. The molecule has 0 aliphatic heterocycles. The molecule has 3 nitrogen and oxygen atoms in total. The number of aliphatic hydroxyl groups excluding tert-OH is 1. The highest BCUT2D eigenvalue weighted by Crippen LogP contribution is 2.14. The van der Waals surface area contributed by atoms with Gasteiger partial charge in [0.2, 0.25) is 5.91 Å². The van der Waals surface area contributed by atoms with E-state index in [9.17, 15) is 9.18 Å². The Bertz CT molecular complexity index is 395. The molecule has 1 aromatic rings. The summed E-state index contributed by atoms with van der Waals surface area (Å²) in [5.41, 5.74) is 0.998. The number of hydrogen-bond acceptors (Lipinski definition) is 3. The van der Waals surface area contributed by atoms with Gasteiger partial charge in [-0.15, -0.1) is 11.8 Å². The third-order valence-electron chi connectivity index (χ3n) is 2.69. The van der Waals surface area contributed by atoms with Gasteiger partial charge < -0.3 is 10.0 Å². The highest BCUT2D eigenvalue weighted by Gasteiger charge is 2.15. The summed E-state index contributed by atoms with van der Waals surface area (Å²) in [6.45, 7) is 4.20. The van der Waals surface area contributed by atoms with Crippen molar-refractivity contribution in [3.05, 3.63) is 35.6 Å². The average Bonchev–Trinajstić information content (AvgIpc) is 2.37. The van der Waals surface area contributed by atoms with Crippen LogP contribution in [0.3, 0.4) is 0 Å². The third kappa shape index (κ3) is 5.61. The van der Waals surface area contributed by atoms with Gasteiger partial charge >= 0.3 is 0 Å². The SMILES string of the molecule is CC(C)N(CCO)C(=O)CSCc1ccc(F)cc1. The van der Waals surface area contributed by atoms with Gasteiger partial charge in [0.25, 0.3) is 0 Å². The van der Waals surface area contributed by atoms with E-state index >= 15 is 0 Å². The lowest BCUT2D eigenvalue weighted by Gasteiger charge is -2.25. The van der Waals surface area contributed by atoms with E-state index in [0.717, 1.165) is 5.56 Å². The van der Waals surface area contributed by atoms with Crippen molar-refractivity contribution in [3.8, 4) is 0 Å². The summed E-state index contributed by atoms with van der Waals surface area (Å²) in [6.07, 6.45) is 0. The Morgan fingerprint density at radius 1 is 1.37 bits per heavy atom. The quantitative estimate of drug-likeness (QED) is 0.835. The van der Waals surface area contributed by atoms with Crippen molar-refractivity contribution in [1.29, 1.82) is 0 Å². The Hall–Kier alpha value is -1.07. The first kappa shape index (κ1) is 16.0. The lowest BCUT2D eigenvalue weighted by atomic mass is 10.2.